The fourth-order valence-corrected chi connectivity index (χ4v) is 3.34. The molecular formula is C16H24N4OS. The number of aryl methyl sites for hydroxylation is 1. The van der Waals surface area contributed by atoms with Crippen LogP contribution in [0.1, 0.15) is 35.6 Å². The molecule has 0 aliphatic heterocycles. The van der Waals surface area contributed by atoms with E-state index in [1.807, 2.05) is 36.9 Å². The Morgan fingerprint density at radius 2 is 2.14 bits per heavy atom. The normalized spacial score (nSPS) is 11.7. The molecule has 0 atom stereocenters. The molecule has 2 heterocycles. The summed E-state index contributed by atoms with van der Waals surface area (Å²) in [6.45, 7) is 9.26. The average molecular weight is 320 g/mol. The zero-order valence-corrected chi connectivity index (χ0v) is 14.7. The molecule has 0 bridgehead atoms. The summed E-state index contributed by atoms with van der Waals surface area (Å²) in [5.74, 6) is 0.0254. The molecule has 2 N–H and O–H groups in total. The van der Waals surface area contributed by atoms with E-state index in [-0.39, 0.29) is 11.3 Å². The van der Waals surface area contributed by atoms with Gasteiger partial charge in [-0.3, -0.25) is 9.36 Å². The lowest BCUT2D eigenvalue weighted by atomic mass is 9.93. The number of nitrogens with zero attached hydrogens (tertiary/aromatic N) is 3. The number of amides is 1. The zero-order valence-electron chi connectivity index (χ0n) is 13.9. The first-order chi connectivity index (χ1) is 10.3. The van der Waals surface area contributed by atoms with Crippen LogP contribution in [0.3, 0.4) is 0 Å². The van der Waals surface area contributed by atoms with Crippen LogP contribution >= 0.6 is 11.3 Å². The standard InChI is InChI=1S/C16H24N4OS/c1-11-8-13(12(2)20(11)15-18-6-7-22-15)14(21)19(5)10-16(3,4)9-17/h6-8H,9-10,17H2,1-5H3. The fraction of sp³-hybridized carbons (Fsp3) is 0.500. The molecule has 0 spiro atoms. The summed E-state index contributed by atoms with van der Waals surface area (Å²) < 4.78 is 2.03. The predicted octanol–water partition coefficient (Wildman–Crippen LogP) is 2.61. The van der Waals surface area contributed by atoms with Gasteiger partial charge in [0.25, 0.3) is 5.91 Å². The van der Waals surface area contributed by atoms with Crippen LogP contribution in [0, 0.1) is 19.3 Å². The summed E-state index contributed by atoms with van der Waals surface area (Å²) in [6.07, 6.45) is 1.77. The van der Waals surface area contributed by atoms with Gasteiger partial charge in [0.15, 0.2) is 5.13 Å². The molecule has 2 aromatic heterocycles. The molecular weight excluding hydrogens is 296 g/mol. The maximum Gasteiger partial charge on any atom is 0.255 e. The number of hydrogen-bond donors (Lipinski definition) is 1. The Hall–Kier alpha value is -1.66. The second kappa shape index (κ2) is 6.22. The van der Waals surface area contributed by atoms with Crippen molar-refractivity contribution >= 4 is 17.2 Å². The average Bonchev–Trinajstić information content (AvgIpc) is 3.05. The van der Waals surface area contributed by atoms with E-state index in [2.05, 4.69) is 18.8 Å². The molecule has 2 rings (SSSR count). The molecule has 0 aromatic carbocycles. The van der Waals surface area contributed by atoms with Gasteiger partial charge in [-0.05, 0) is 31.9 Å². The van der Waals surface area contributed by atoms with Gasteiger partial charge in [0.05, 0.1) is 5.56 Å². The SMILES string of the molecule is Cc1cc(C(=O)N(C)CC(C)(C)CN)c(C)n1-c1nccs1. The second-order valence-electron chi connectivity index (χ2n) is 6.46. The van der Waals surface area contributed by atoms with Gasteiger partial charge >= 0.3 is 0 Å². The third-order valence-corrected chi connectivity index (χ3v) is 4.59. The number of carbonyl (C=O) groups excluding carboxylic acids is 1. The summed E-state index contributed by atoms with van der Waals surface area (Å²) in [5, 5.41) is 2.82. The predicted molar refractivity (Wildman–Crippen MR) is 90.7 cm³/mol. The van der Waals surface area contributed by atoms with Gasteiger partial charge in [-0.1, -0.05) is 13.8 Å². The number of hydrogen-bond acceptors (Lipinski definition) is 4. The van der Waals surface area contributed by atoms with Gasteiger partial charge in [0, 0.05) is 36.6 Å². The van der Waals surface area contributed by atoms with Gasteiger partial charge in [0.2, 0.25) is 0 Å². The monoisotopic (exact) mass is 320 g/mol. The van der Waals surface area contributed by atoms with Crippen LogP contribution in [-0.2, 0) is 0 Å². The smallest absolute Gasteiger partial charge is 0.255 e. The van der Waals surface area contributed by atoms with Crippen LogP contribution in [0.25, 0.3) is 5.13 Å². The lowest BCUT2D eigenvalue weighted by Crippen LogP contribution is -2.39. The Kier molecular flexibility index (Phi) is 4.72. The van der Waals surface area contributed by atoms with Crippen molar-refractivity contribution < 1.29 is 4.79 Å². The summed E-state index contributed by atoms with van der Waals surface area (Å²) in [6, 6.07) is 1.94. The molecule has 1 amide bonds. The van der Waals surface area contributed by atoms with Gasteiger partial charge in [-0.15, -0.1) is 11.3 Å². The molecule has 5 nitrogen and oxygen atoms in total. The molecule has 0 saturated carbocycles. The van der Waals surface area contributed by atoms with Crippen LogP contribution < -0.4 is 5.73 Å². The first-order valence-electron chi connectivity index (χ1n) is 7.31. The Balaban J connectivity index is 2.30. The van der Waals surface area contributed by atoms with E-state index >= 15 is 0 Å². The van der Waals surface area contributed by atoms with Gasteiger partial charge in [-0.2, -0.15) is 0 Å². The van der Waals surface area contributed by atoms with E-state index in [1.165, 1.54) is 0 Å². The highest BCUT2D eigenvalue weighted by atomic mass is 32.1. The fourth-order valence-electron chi connectivity index (χ4n) is 2.58. The maximum absolute atomic E-state index is 12.7. The van der Waals surface area contributed by atoms with Crippen molar-refractivity contribution in [2.45, 2.75) is 27.7 Å². The zero-order chi connectivity index (χ0) is 16.5. The Morgan fingerprint density at radius 1 is 1.45 bits per heavy atom. The van der Waals surface area contributed by atoms with E-state index in [0.717, 1.165) is 22.1 Å². The lowest BCUT2D eigenvalue weighted by Gasteiger charge is -2.29. The van der Waals surface area contributed by atoms with E-state index < -0.39 is 0 Å². The first kappa shape index (κ1) is 16.7. The van der Waals surface area contributed by atoms with Crippen molar-refractivity contribution in [3.05, 3.63) is 34.6 Å². The van der Waals surface area contributed by atoms with Crippen molar-refractivity contribution in [2.75, 3.05) is 20.1 Å². The van der Waals surface area contributed by atoms with Crippen LogP contribution in [0.4, 0.5) is 0 Å². The van der Waals surface area contributed by atoms with Crippen molar-refractivity contribution in [1.29, 1.82) is 0 Å². The van der Waals surface area contributed by atoms with E-state index in [4.69, 9.17) is 5.73 Å². The quantitative estimate of drug-likeness (QED) is 0.921. The Labute approximate surface area is 135 Å². The molecule has 0 saturated heterocycles. The molecule has 6 heteroatoms. The van der Waals surface area contributed by atoms with Gasteiger partial charge < -0.3 is 10.6 Å². The molecule has 22 heavy (non-hydrogen) atoms. The molecule has 120 valence electrons. The highest BCUT2D eigenvalue weighted by Gasteiger charge is 2.25. The van der Waals surface area contributed by atoms with Crippen LogP contribution in [-0.4, -0.2) is 40.5 Å². The largest absolute Gasteiger partial charge is 0.341 e. The summed E-state index contributed by atoms with van der Waals surface area (Å²) in [7, 11) is 1.83. The second-order valence-corrected chi connectivity index (χ2v) is 7.34. The Morgan fingerprint density at radius 3 is 2.68 bits per heavy atom. The van der Waals surface area contributed by atoms with E-state index in [0.29, 0.717) is 13.1 Å². The molecule has 0 aliphatic rings. The molecule has 2 aromatic rings. The number of nitrogens with two attached hydrogens (primary N) is 1. The number of carbonyl (C=O) groups is 1. The third kappa shape index (κ3) is 3.23. The van der Waals surface area contributed by atoms with Crippen molar-refractivity contribution in [3.63, 3.8) is 0 Å². The van der Waals surface area contributed by atoms with E-state index in [9.17, 15) is 4.79 Å². The molecule has 0 radical (unpaired) electrons. The summed E-state index contributed by atoms with van der Waals surface area (Å²) in [4.78, 5) is 18.8. The lowest BCUT2D eigenvalue weighted by molar-refractivity contribution is 0.0740. The van der Waals surface area contributed by atoms with Gasteiger partial charge in [0.1, 0.15) is 0 Å². The Bertz CT molecular complexity index is 658. The minimum absolute atomic E-state index is 0.0254. The van der Waals surface area contributed by atoms with E-state index in [1.54, 1.807) is 22.4 Å². The molecule has 0 aliphatic carbocycles. The summed E-state index contributed by atoms with van der Waals surface area (Å²) in [5.41, 5.74) is 8.34. The number of thiazole rings is 1. The number of aromatic nitrogens is 2. The molecule has 0 unspecified atom stereocenters. The van der Waals surface area contributed by atoms with Crippen molar-refractivity contribution in [2.24, 2.45) is 11.1 Å². The van der Waals surface area contributed by atoms with Gasteiger partial charge in [-0.25, -0.2) is 4.98 Å². The maximum atomic E-state index is 12.7. The number of rotatable bonds is 5. The van der Waals surface area contributed by atoms with Crippen LogP contribution in [0.5, 0.6) is 0 Å². The summed E-state index contributed by atoms with van der Waals surface area (Å²) >= 11 is 1.56. The van der Waals surface area contributed by atoms with Crippen molar-refractivity contribution in [3.8, 4) is 5.13 Å². The van der Waals surface area contributed by atoms with Crippen molar-refractivity contribution in [1.82, 2.24) is 14.5 Å². The van der Waals surface area contributed by atoms with Crippen LogP contribution in [0.2, 0.25) is 0 Å². The third-order valence-electron chi connectivity index (χ3n) is 3.84. The molecule has 0 fully saturated rings. The highest BCUT2D eigenvalue weighted by Crippen LogP contribution is 2.24. The minimum Gasteiger partial charge on any atom is -0.341 e. The topological polar surface area (TPSA) is 64.2 Å². The minimum atomic E-state index is -0.0920. The first-order valence-corrected chi connectivity index (χ1v) is 8.19. The van der Waals surface area contributed by atoms with Crippen LogP contribution in [0.15, 0.2) is 17.6 Å². The highest BCUT2D eigenvalue weighted by molar-refractivity contribution is 7.12.